The number of carbonyl (C=O) groups is 1. The predicted molar refractivity (Wildman–Crippen MR) is 89.5 cm³/mol. The van der Waals surface area contributed by atoms with Gasteiger partial charge in [0.1, 0.15) is 5.75 Å². The first kappa shape index (κ1) is 17.4. The summed E-state index contributed by atoms with van der Waals surface area (Å²) in [5.74, 6) is -0.638. The minimum absolute atomic E-state index is 0.0104. The average molecular weight is 329 g/mol. The van der Waals surface area contributed by atoms with Gasteiger partial charge in [0.2, 0.25) is 5.91 Å². The number of aromatic hydroxyl groups is 3. The Kier molecular flexibility index (Phi) is 5.81. The van der Waals surface area contributed by atoms with Crippen LogP contribution in [-0.2, 0) is 17.8 Å². The number of nitrogens with one attached hydrogen (secondary N) is 1. The number of phenolic OH excluding ortho intramolecular Hbond substituents is 2. The summed E-state index contributed by atoms with van der Waals surface area (Å²) in [6.07, 6.45) is 3.46. The Morgan fingerprint density at radius 2 is 1.75 bits per heavy atom. The number of phenols is 3. The molecule has 0 atom stereocenters. The zero-order valence-electron chi connectivity index (χ0n) is 12.9. The lowest BCUT2D eigenvalue weighted by Crippen LogP contribution is -2.23. The molecular weight excluding hydrogens is 310 g/mol. The molecule has 0 saturated carbocycles. The van der Waals surface area contributed by atoms with Gasteiger partial charge in [0.15, 0.2) is 11.5 Å². The van der Waals surface area contributed by atoms with Crippen molar-refractivity contribution in [2.75, 3.05) is 6.54 Å². The normalized spacial score (nSPS) is 10.9. The van der Waals surface area contributed by atoms with E-state index in [1.165, 1.54) is 24.3 Å². The van der Waals surface area contributed by atoms with Crippen molar-refractivity contribution in [1.29, 1.82) is 0 Å². The molecule has 0 spiro atoms. The molecule has 126 valence electrons. The second-order valence-corrected chi connectivity index (χ2v) is 5.24. The molecule has 0 radical (unpaired) electrons. The Morgan fingerprint density at radius 1 is 1.00 bits per heavy atom. The highest BCUT2D eigenvalue weighted by atomic mass is 16.3. The third kappa shape index (κ3) is 4.76. The van der Waals surface area contributed by atoms with E-state index in [0.717, 1.165) is 5.56 Å². The molecule has 6 nitrogen and oxygen atoms in total. The van der Waals surface area contributed by atoms with E-state index in [-0.39, 0.29) is 29.8 Å². The molecule has 24 heavy (non-hydrogen) atoms. The van der Waals surface area contributed by atoms with E-state index >= 15 is 0 Å². The summed E-state index contributed by atoms with van der Waals surface area (Å²) in [6, 6.07) is 9.21. The molecule has 0 fully saturated rings. The maximum Gasteiger partial charge on any atom is 0.244 e. The molecule has 0 aliphatic carbocycles. The van der Waals surface area contributed by atoms with E-state index in [1.54, 1.807) is 24.3 Å². The smallest absolute Gasteiger partial charge is 0.244 e. The molecule has 0 unspecified atom stereocenters. The van der Waals surface area contributed by atoms with Gasteiger partial charge in [0.25, 0.3) is 0 Å². The first-order valence-corrected chi connectivity index (χ1v) is 7.39. The van der Waals surface area contributed by atoms with Crippen molar-refractivity contribution in [3.05, 3.63) is 59.2 Å². The molecule has 0 heterocycles. The van der Waals surface area contributed by atoms with E-state index < -0.39 is 0 Å². The van der Waals surface area contributed by atoms with Crippen LogP contribution in [0.15, 0.2) is 42.5 Å². The summed E-state index contributed by atoms with van der Waals surface area (Å²) < 4.78 is 0. The minimum atomic E-state index is -0.281. The third-order valence-corrected chi connectivity index (χ3v) is 3.45. The number of rotatable bonds is 6. The van der Waals surface area contributed by atoms with Crippen LogP contribution in [0.1, 0.15) is 16.7 Å². The van der Waals surface area contributed by atoms with Gasteiger partial charge in [0, 0.05) is 18.2 Å². The Balaban J connectivity index is 1.85. The second kappa shape index (κ2) is 8.03. The molecule has 0 saturated heterocycles. The maximum atomic E-state index is 11.8. The van der Waals surface area contributed by atoms with Crippen LogP contribution in [0.5, 0.6) is 17.2 Å². The monoisotopic (exact) mass is 329 g/mol. The Morgan fingerprint density at radius 3 is 2.46 bits per heavy atom. The summed E-state index contributed by atoms with van der Waals surface area (Å²) in [5, 5.41) is 39.9. The first-order chi connectivity index (χ1) is 11.5. The summed E-state index contributed by atoms with van der Waals surface area (Å²) in [4.78, 5) is 11.8. The molecule has 0 bridgehead atoms. The number of aliphatic hydroxyl groups is 1. The van der Waals surface area contributed by atoms with Crippen LogP contribution in [0.4, 0.5) is 0 Å². The molecule has 1 amide bonds. The highest BCUT2D eigenvalue weighted by Gasteiger charge is 2.02. The lowest BCUT2D eigenvalue weighted by atomic mass is 10.1. The van der Waals surface area contributed by atoms with Crippen LogP contribution < -0.4 is 5.32 Å². The van der Waals surface area contributed by atoms with Gasteiger partial charge in [-0.05, 0) is 47.9 Å². The van der Waals surface area contributed by atoms with Crippen molar-refractivity contribution in [1.82, 2.24) is 5.32 Å². The fraction of sp³-hybridized carbons (Fsp3) is 0.167. The molecule has 5 N–H and O–H groups in total. The minimum Gasteiger partial charge on any atom is -0.508 e. The van der Waals surface area contributed by atoms with Crippen LogP contribution in [0.3, 0.4) is 0 Å². The van der Waals surface area contributed by atoms with E-state index in [9.17, 15) is 20.1 Å². The van der Waals surface area contributed by atoms with E-state index in [4.69, 9.17) is 5.11 Å². The first-order valence-electron chi connectivity index (χ1n) is 7.39. The Bertz CT molecular complexity index is 755. The van der Waals surface area contributed by atoms with Gasteiger partial charge < -0.3 is 25.7 Å². The van der Waals surface area contributed by atoms with Crippen LogP contribution in [0.25, 0.3) is 6.08 Å². The van der Waals surface area contributed by atoms with Crippen molar-refractivity contribution in [2.24, 2.45) is 0 Å². The number of amides is 1. The second-order valence-electron chi connectivity index (χ2n) is 5.24. The van der Waals surface area contributed by atoms with Crippen molar-refractivity contribution < 1.29 is 25.2 Å². The number of carbonyl (C=O) groups excluding carboxylic acids is 1. The van der Waals surface area contributed by atoms with E-state index in [0.29, 0.717) is 24.1 Å². The molecule has 2 rings (SSSR count). The highest BCUT2D eigenvalue weighted by Crippen LogP contribution is 2.24. The Labute approximate surface area is 139 Å². The average Bonchev–Trinajstić information content (AvgIpc) is 2.57. The van der Waals surface area contributed by atoms with Gasteiger partial charge >= 0.3 is 0 Å². The van der Waals surface area contributed by atoms with Gasteiger partial charge in [-0.3, -0.25) is 4.79 Å². The standard InChI is InChI=1S/C18H19NO5/c20-11-14-9-12(1-4-15(14)21)3-6-18(24)19-8-7-13-2-5-16(22)17(23)10-13/h1-6,9-10,20-23H,7-8,11H2,(H,19,24). The van der Waals surface area contributed by atoms with Gasteiger partial charge in [-0.1, -0.05) is 12.1 Å². The van der Waals surface area contributed by atoms with Crippen molar-refractivity contribution in [3.63, 3.8) is 0 Å². The molecule has 6 heteroatoms. The summed E-state index contributed by atoms with van der Waals surface area (Å²) >= 11 is 0. The summed E-state index contributed by atoms with van der Waals surface area (Å²) in [7, 11) is 0. The number of hydrogen-bond acceptors (Lipinski definition) is 5. The zero-order valence-corrected chi connectivity index (χ0v) is 12.9. The van der Waals surface area contributed by atoms with Crippen LogP contribution in [-0.4, -0.2) is 32.9 Å². The van der Waals surface area contributed by atoms with Crippen molar-refractivity contribution in [3.8, 4) is 17.2 Å². The van der Waals surface area contributed by atoms with Crippen LogP contribution >= 0.6 is 0 Å². The largest absolute Gasteiger partial charge is 0.508 e. The molecule has 2 aromatic carbocycles. The molecule has 2 aromatic rings. The fourth-order valence-electron chi connectivity index (χ4n) is 2.12. The molecule has 0 aromatic heterocycles. The topological polar surface area (TPSA) is 110 Å². The maximum absolute atomic E-state index is 11.8. The number of aliphatic hydroxyl groups excluding tert-OH is 1. The van der Waals surface area contributed by atoms with Gasteiger partial charge in [-0.2, -0.15) is 0 Å². The van der Waals surface area contributed by atoms with Gasteiger partial charge in [-0.15, -0.1) is 0 Å². The Hall–Kier alpha value is -2.99. The van der Waals surface area contributed by atoms with Crippen molar-refractivity contribution >= 4 is 12.0 Å². The lowest BCUT2D eigenvalue weighted by molar-refractivity contribution is -0.116. The van der Waals surface area contributed by atoms with E-state index in [1.807, 2.05) is 0 Å². The quantitative estimate of drug-likeness (QED) is 0.409. The van der Waals surface area contributed by atoms with Gasteiger partial charge in [-0.25, -0.2) is 0 Å². The SMILES string of the molecule is O=C(C=Cc1ccc(O)c(CO)c1)NCCc1ccc(O)c(O)c1. The fourth-order valence-corrected chi connectivity index (χ4v) is 2.12. The van der Waals surface area contributed by atoms with Crippen molar-refractivity contribution in [2.45, 2.75) is 13.0 Å². The number of hydrogen-bond donors (Lipinski definition) is 5. The predicted octanol–water partition coefficient (Wildman–Crippen LogP) is 1.67. The van der Waals surface area contributed by atoms with E-state index in [2.05, 4.69) is 5.32 Å². The van der Waals surface area contributed by atoms with Crippen LogP contribution in [0, 0.1) is 0 Å². The molecular formula is C18H19NO5. The summed E-state index contributed by atoms with van der Waals surface area (Å²) in [5.41, 5.74) is 1.88. The zero-order chi connectivity index (χ0) is 17.5. The molecule has 0 aliphatic heterocycles. The number of benzene rings is 2. The van der Waals surface area contributed by atoms with Crippen LogP contribution in [0.2, 0.25) is 0 Å². The third-order valence-electron chi connectivity index (χ3n) is 3.45. The molecule has 0 aliphatic rings. The summed E-state index contributed by atoms with van der Waals surface area (Å²) in [6.45, 7) is 0.101. The highest BCUT2D eigenvalue weighted by molar-refractivity contribution is 5.91. The lowest BCUT2D eigenvalue weighted by Gasteiger charge is -2.05. The van der Waals surface area contributed by atoms with Gasteiger partial charge in [0.05, 0.1) is 6.61 Å².